The van der Waals surface area contributed by atoms with Gasteiger partial charge in [-0.3, -0.25) is 4.79 Å². The summed E-state index contributed by atoms with van der Waals surface area (Å²) in [7, 11) is -0.945. The first-order chi connectivity index (χ1) is 17.5. The van der Waals surface area contributed by atoms with Crippen molar-refractivity contribution in [1.82, 2.24) is 5.32 Å². The Morgan fingerprint density at radius 2 is 2.08 bits per heavy atom. The molecule has 1 heterocycles. The molecule has 0 spiro atoms. The molecule has 0 aromatic heterocycles. The number of benzene rings is 1. The zero-order valence-electron chi connectivity index (χ0n) is 22.5. The second-order valence-electron chi connectivity index (χ2n) is 12.5. The molecule has 3 saturated carbocycles. The molecule has 0 saturated heterocycles. The number of aliphatic hydroxyl groups is 1. The molecule has 1 aromatic carbocycles. The van der Waals surface area contributed by atoms with E-state index in [0.29, 0.717) is 19.4 Å². The van der Waals surface area contributed by atoms with Crippen LogP contribution in [0.5, 0.6) is 0 Å². The minimum atomic E-state index is -0.945. The van der Waals surface area contributed by atoms with E-state index in [-0.39, 0.29) is 35.5 Å². The molecule has 4 aliphatic rings. The first-order valence-electron chi connectivity index (χ1n) is 13.7. The van der Waals surface area contributed by atoms with Gasteiger partial charge in [0.05, 0.1) is 12.7 Å². The predicted molar refractivity (Wildman–Crippen MR) is 141 cm³/mol. The molecule has 200 valence electrons. The first kappa shape index (κ1) is 26.5. The van der Waals surface area contributed by atoms with E-state index in [2.05, 4.69) is 32.7 Å². The van der Waals surface area contributed by atoms with Crippen molar-refractivity contribution >= 4 is 24.5 Å². The summed E-state index contributed by atoms with van der Waals surface area (Å²) in [6, 6.07) is 5.64. The van der Waals surface area contributed by atoms with Crippen LogP contribution in [0.1, 0.15) is 70.9 Å². The smallest absolute Gasteiger partial charge is 0.446 e. The van der Waals surface area contributed by atoms with E-state index in [1.54, 1.807) is 6.08 Å². The number of carbonyl (C=O) groups is 2. The van der Waals surface area contributed by atoms with E-state index >= 15 is 0 Å². The van der Waals surface area contributed by atoms with E-state index in [4.69, 9.17) is 9.39 Å². The molecule has 3 N–H and O–H groups in total. The molecular weight excluding hydrogens is 469 g/mol. The van der Waals surface area contributed by atoms with Crippen molar-refractivity contribution in [2.75, 3.05) is 0 Å². The Balaban J connectivity index is 1.43. The average molecular weight is 509 g/mol. The maximum atomic E-state index is 13.5. The quantitative estimate of drug-likeness (QED) is 0.424. The molecule has 1 amide bonds. The summed E-state index contributed by atoms with van der Waals surface area (Å²) in [4.78, 5) is 26.7. The molecule has 3 aliphatic carbocycles. The molecule has 3 fully saturated rings. The topological polar surface area (TPSA) is 105 Å². The van der Waals surface area contributed by atoms with Crippen LogP contribution in [-0.4, -0.2) is 41.3 Å². The van der Waals surface area contributed by atoms with Crippen molar-refractivity contribution in [2.24, 2.45) is 34.0 Å². The van der Waals surface area contributed by atoms with E-state index in [0.717, 1.165) is 35.9 Å². The van der Waals surface area contributed by atoms with Gasteiger partial charge in [-0.1, -0.05) is 52.0 Å². The Morgan fingerprint density at radius 3 is 2.81 bits per heavy atom. The lowest BCUT2D eigenvalue weighted by molar-refractivity contribution is -0.191. The van der Waals surface area contributed by atoms with Crippen LogP contribution in [-0.2, 0) is 27.3 Å². The predicted octanol–water partition coefficient (Wildman–Crippen LogP) is 3.49. The Morgan fingerprint density at radius 1 is 1.32 bits per heavy atom. The zero-order chi connectivity index (χ0) is 26.8. The number of amides is 1. The van der Waals surface area contributed by atoms with E-state index in [1.807, 2.05) is 25.1 Å². The molecule has 7 nitrogen and oxygen atoms in total. The highest BCUT2D eigenvalue weighted by atomic mass is 16.6. The largest absolute Gasteiger partial charge is 0.491 e. The number of aliphatic hydroxyl groups excluding tert-OH is 1. The third-order valence-electron chi connectivity index (χ3n) is 10.9. The fourth-order valence-electron chi connectivity index (χ4n) is 8.22. The van der Waals surface area contributed by atoms with Crippen LogP contribution in [0.4, 0.5) is 4.79 Å². The number of hydrogen-bond donors (Lipinski definition) is 3. The van der Waals surface area contributed by atoms with Gasteiger partial charge in [0.2, 0.25) is 0 Å². The summed E-state index contributed by atoms with van der Waals surface area (Å²) < 4.78 is 11.5. The van der Waals surface area contributed by atoms with Gasteiger partial charge in [-0.15, -0.1) is 6.58 Å². The van der Waals surface area contributed by atoms with Crippen molar-refractivity contribution in [2.45, 2.75) is 85.2 Å². The molecule has 1 aliphatic heterocycles. The highest BCUT2D eigenvalue weighted by Gasteiger charge is 2.68. The lowest BCUT2D eigenvalue weighted by Gasteiger charge is -2.61. The summed E-state index contributed by atoms with van der Waals surface area (Å²) in [6.45, 7) is 13.1. The van der Waals surface area contributed by atoms with Crippen molar-refractivity contribution in [3.8, 4) is 0 Å². The van der Waals surface area contributed by atoms with Gasteiger partial charge in [-0.25, -0.2) is 4.79 Å². The molecule has 1 aromatic rings. The molecule has 8 atom stereocenters. The molecule has 5 rings (SSSR count). The minimum absolute atomic E-state index is 0.0623. The number of ether oxygens (including phenoxy) is 1. The number of alkyl carbamates (subject to hydrolysis) is 1. The number of carbonyl (C=O) groups excluding carboxylic acids is 2. The third kappa shape index (κ3) is 3.98. The lowest BCUT2D eigenvalue weighted by atomic mass is 9.44. The number of hydrogen-bond acceptors (Lipinski definition) is 6. The van der Waals surface area contributed by atoms with Crippen molar-refractivity contribution in [3.05, 3.63) is 42.0 Å². The SMILES string of the molecule is C=C[C@]1(C)C[C@@H](OC(=O)NCc2ccc3c(c2)B(O)OC3)[C@@]2(C)[C@@H]3C(=O)CC[C@@]3(CC[C@@H]2C)[C@@H](C)[C@@H]1O. The third-order valence-corrected chi connectivity index (χ3v) is 10.9. The van der Waals surface area contributed by atoms with Gasteiger partial charge in [0.1, 0.15) is 11.9 Å². The number of rotatable bonds is 4. The normalized spacial score (nSPS) is 40.9. The molecule has 0 unspecified atom stereocenters. The second-order valence-corrected chi connectivity index (χ2v) is 12.5. The van der Waals surface area contributed by atoms with Gasteiger partial charge < -0.3 is 24.8 Å². The van der Waals surface area contributed by atoms with Crippen LogP contribution in [0.2, 0.25) is 0 Å². The van der Waals surface area contributed by atoms with Gasteiger partial charge in [-0.05, 0) is 59.5 Å². The molecule has 0 radical (unpaired) electrons. The first-order valence-corrected chi connectivity index (χ1v) is 13.7. The van der Waals surface area contributed by atoms with Crippen LogP contribution in [0, 0.1) is 34.0 Å². The van der Waals surface area contributed by atoms with Gasteiger partial charge in [-0.2, -0.15) is 0 Å². The molecule has 37 heavy (non-hydrogen) atoms. The maximum Gasteiger partial charge on any atom is 0.491 e. The van der Waals surface area contributed by atoms with Crippen LogP contribution < -0.4 is 10.8 Å². The molecular formula is C29H40BNO6. The molecule has 8 heteroatoms. The van der Waals surface area contributed by atoms with E-state index in [9.17, 15) is 19.7 Å². The summed E-state index contributed by atoms with van der Waals surface area (Å²) in [5.41, 5.74) is 0.985. The number of ketones is 1. The number of Topliss-reactive ketones (excluding diaryl/α,β-unsaturated/α-hetero) is 1. The summed E-state index contributed by atoms with van der Waals surface area (Å²) in [6.07, 6.45) is 3.53. The van der Waals surface area contributed by atoms with Crippen LogP contribution in [0.15, 0.2) is 30.9 Å². The Labute approximate surface area is 220 Å². The van der Waals surface area contributed by atoms with Gasteiger partial charge in [0.15, 0.2) is 0 Å². The summed E-state index contributed by atoms with van der Waals surface area (Å²) in [5, 5.41) is 24.5. The van der Waals surface area contributed by atoms with Crippen molar-refractivity contribution < 1.29 is 29.1 Å². The van der Waals surface area contributed by atoms with Gasteiger partial charge in [0, 0.05) is 29.7 Å². The summed E-state index contributed by atoms with van der Waals surface area (Å²) in [5.74, 6) is 0.106. The minimum Gasteiger partial charge on any atom is -0.446 e. The van der Waals surface area contributed by atoms with Gasteiger partial charge in [0.25, 0.3) is 0 Å². The Hall–Kier alpha value is -2.16. The monoisotopic (exact) mass is 509 g/mol. The lowest BCUT2D eigenvalue weighted by Crippen LogP contribution is -2.63. The summed E-state index contributed by atoms with van der Waals surface area (Å²) >= 11 is 0. The highest BCUT2D eigenvalue weighted by Crippen LogP contribution is 2.67. The molecule has 2 bridgehead atoms. The zero-order valence-corrected chi connectivity index (χ0v) is 22.5. The van der Waals surface area contributed by atoms with Gasteiger partial charge >= 0.3 is 13.2 Å². The van der Waals surface area contributed by atoms with E-state index in [1.165, 1.54) is 0 Å². The van der Waals surface area contributed by atoms with Crippen molar-refractivity contribution in [1.29, 1.82) is 0 Å². The second kappa shape index (κ2) is 9.24. The highest BCUT2D eigenvalue weighted by molar-refractivity contribution is 6.61. The van der Waals surface area contributed by atoms with Crippen LogP contribution >= 0.6 is 0 Å². The fraction of sp³-hybridized carbons (Fsp3) is 0.655. The fourth-order valence-corrected chi connectivity index (χ4v) is 8.22. The number of nitrogens with one attached hydrogen (secondary N) is 1. The van der Waals surface area contributed by atoms with Crippen LogP contribution in [0.3, 0.4) is 0 Å². The van der Waals surface area contributed by atoms with E-state index < -0.39 is 36.2 Å². The standard InChI is InChI=1S/C29H40BNO6/c1-6-27(4)14-23(37-26(34)31-15-19-7-8-20-16-36-30(35)21(20)13-19)28(5)17(2)9-11-29(18(3)25(27)33)12-10-22(32)24(28)29/h6-8,13,17-18,23-25,33,35H,1,9-12,14-16H2,2-5H3,(H,31,34)/t17-,18-,23+,24-,25-,27+,28-,29-/m0/s1. The Bertz CT molecular complexity index is 1110. The average Bonchev–Trinajstić information content (AvgIpc) is 3.43. The van der Waals surface area contributed by atoms with Crippen LogP contribution in [0.25, 0.3) is 0 Å². The van der Waals surface area contributed by atoms with Crippen molar-refractivity contribution in [3.63, 3.8) is 0 Å². The number of fused-ring (bicyclic) bond motifs is 1. The Kier molecular flexibility index (Phi) is 6.61. The maximum absolute atomic E-state index is 13.5.